The second kappa shape index (κ2) is 10.5. The standard InChI is InChI=1S/C25H19N3O5/c29-23(28-18-10-12-20(13-11-18)32-19-6-2-1-3-7-19)17-31-25(30)22-9-5-15-27-24(22)33-21-8-4-14-26-16-21/h1-16H,17H2,(H,28,29). The first-order chi connectivity index (χ1) is 16.2. The van der Waals surface area contributed by atoms with Crippen molar-refractivity contribution >= 4 is 17.6 Å². The van der Waals surface area contributed by atoms with Crippen LogP contribution in [0.4, 0.5) is 5.69 Å². The van der Waals surface area contributed by atoms with Gasteiger partial charge in [-0.2, -0.15) is 0 Å². The maximum Gasteiger partial charge on any atom is 0.344 e. The monoisotopic (exact) mass is 441 g/mol. The summed E-state index contributed by atoms with van der Waals surface area (Å²) in [5, 5.41) is 2.67. The van der Waals surface area contributed by atoms with Crippen LogP contribution in [0.2, 0.25) is 0 Å². The van der Waals surface area contributed by atoms with Crippen molar-refractivity contribution in [3.8, 4) is 23.1 Å². The SMILES string of the molecule is O=C(COC(=O)c1cccnc1Oc1cccnc1)Nc1ccc(Oc2ccccc2)cc1. The molecule has 0 radical (unpaired) electrons. The summed E-state index contributed by atoms with van der Waals surface area (Å²) in [6.07, 6.45) is 4.58. The summed E-state index contributed by atoms with van der Waals surface area (Å²) in [6.45, 7) is -0.470. The van der Waals surface area contributed by atoms with Crippen LogP contribution in [-0.4, -0.2) is 28.5 Å². The summed E-state index contributed by atoms with van der Waals surface area (Å²) in [5.41, 5.74) is 0.634. The molecule has 0 aliphatic heterocycles. The molecule has 0 fully saturated rings. The summed E-state index contributed by atoms with van der Waals surface area (Å²) in [4.78, 5) is 32.7. The Morgan fingerprint density at radius 1 is 0.758 bits per heavy atom. The number of carbonyl (C=O) groups excluding carboxylic acids is 2. The number of esters is 1. The molecule has 0 unspecified atom stereocenters. The van der Waals surface area contributed by atoms with Crippen LogP contribution in [0, 0.1) is 0 Å². The molecule has 2 aromatic heterocycles. The van der Waals surface area contributed by atoms with Crippen molar-refractivity contribution in [2.24, 2.45) is 0 Å². The summed E-state index contributed by atoms with van der Waals surface area (Å²) in [5.74, 6) is 0.599. The smallest absolute Gasteiger partial charge is 0.344 e. The number of rotatable bonds is 8. The largest absolute Gasteiger partial charge is 0.457 e. The minimum Gasteiger partial charge on any atom is -0.457 e. The Hall–Kier alpha value is -4.72. The van der Waals surface area contributed by atoms with Crippen molar-refractivity contribution in [3.63, 3.8) is 0 Å². The van der Waals surface area contributed by atoms with Crippen molar-refractivity contribution in [1.29, 1.82) is 0 Å². The van der Waals surface area contributed by atoms with Gasteiger partial charge in [-0.1, -0.05) is 18.2 Å². The summed E-state index contributed by atoms with van der Waals surface area (Å²) in [6, 6.07) is 22.7. The van der Waals surface area contributed by atoms with E-state index in [0.29, 0.717) is 22.9 Å². The molecule has 2 aromatic carbocycles. The molecule has 4 aromatic rings. The van der Waals surface area contributed by atoms with Crippen LogP contribution in [0.3, 0.4) is 0 Å². The number of aromatic nitrogens is 2. The first kappa shape index (κ1) is 21.5. The van der Waals surface area contributed by atoms with Crippen LogP contribution in [0.15, 0.2) is 97.5 Å². The molecule has 0 saturated heterocycles. The zero-order valence-electron chi connectivity index (χ0n) is 17.4. The van der Waals surface area contributed by atoms with Gasteiger partial charge in [0.15, 0.2) is 6.61 Å². The van der Waals surface area contributed by atoms with Crippen molar-refractivity contribution in [1.82, 2.24) is 9.97 Å². The van der Waals surface area contributed by atoms with Gasteiger partial charge in [-0.05, 0) is 60.7 Å². The molecule has 0 atom stereocenters. The highest BCUT2D eigenvalue weighted by atomic mass is 16.5. The average Bonchev–Trinajstić information content (AvgIpc) is 2.85. The van der Waals surface area contributed by atoms with Crippen LogP contribution in [0.25, 0.3) is 0 Å². The summed E-state index contributed by atoms with van der Waals surface area (Å²) >= 11 is 0. The van der Waals surface area contributed by atoms with Crippen molar-refractivity contribution < 1.29 is 23.8 Å². The second-order valence-electron chi connectivity index (χ2n) is 6.71. The van der Waals surface area contributed by atoms with E-state index in [2.05, 4.69) is 15.3 Å². The minimum absolute atomic E-state index is 0.0601. The highest BCUT2D eigenvalue weighted by molar-refractivity contribution is 5.96. The van der Waals surface area contributed by atoms with E-state index < -0.39 is 18.5 Å². The van der Waals surface area contributed by atoms with E-state index in [4.69, 9.17) is 14.2 Å². The van der Waals surface area contributed by atoms with Gasteiger partial charge in [-0.15, -0.1) is 0 Å². The fraction of sp³-hybridized carbons (Fsp3) is 0.0400. The van der Waals surface area contributed by atoms with E-state index in [-0.39, 0.29) is 11.4 Å². The Labute approximate surface area is 189 Å². The minimum atomic E-state index is -0.733. The number of hydrogen-bond donors (Lipinski definition) is 1. The molecule has 33 heavy (non-hydrogen) atoms. The predicted molar refractivity (Wildman–Crippen MR) is 120 cm³/mol. The number of hydrogen-bond acceptors (Lipinski definition) is 7. The molecule has 0 spiro atoms. The van der Waals surface area contributed by atoms with Gasteiger partial charge in [-0.25, -0.2) is 9.78 Å². The lowest BCUT2D eigenvalue weighted by atomic mass is 10.2. The Morgan fingerprint density at radius 3 is 2.24 bits per heavy atom. The van der Waals surface area contributed by atoms with Gasteiger partial charge in [0.05, 0.1) is 6.20 Å². The third kappa shape index (κ3) is 6.14. The van der Waals surface area contributed by atoms with Gasteiger partial charge < -0.3 is 19.5 Å². The van der Waals surface area contributed by atoms with E-state index in [1.54, 1.807) is 48.7 Å². The molecule has 8 heteroatoms. The van der Waals surface area contributed by atoms with Gasteiger partial charge in [0.1, 0.15) is 22.8 Å². The Morgan fingerprint density at radius 2 is 1.48 bits per heavy atom. The lowest BCUT2D eigenvalue weighted by Gasteiger charge is -2.10. The number of nitrogens with one attached hydrogen (secondary N) is 1. The molecule has 0 saturated carbocycles. The summed E-state index contributed by atoms with van der Waals surface area (Å²) in [7, 11) is 0. The van der Waals surface area contributed by atoms with Gasteiger partial charge >= 0.3 is 5.97 Å². The van der Waals surface area contributed by atoms with Crippen LogP contribution in [-0.2, 0) is 9.53 Å². The van der Waals surface area contributed by atoms with Gasteiger partial charge in [0, 0.05) is 18.1 Å². The first-order valence-corrected chi connectivity index (χ1v) is 10.0. The third-order valence-corrected chi connectivity index (χ3v) is 4.29. The van der Waals surface area contributed by atoms with E-state index in [9.17, 15) is 9.59 Å². The topological polar surface area (TPSA) is 99.6 Å². The quantitative estimate of drug-likeness (QED) is 0.390. The molecule has 0 aliphatic rings. The van der Waals surface area contributed by atoms with E-state index >= 15 is 0 Å². The number of pyridine rings is 2. The van der Waals surface area contributed by atoms with E-state index in [1.807, 2.05) is 30.3 Å². The third-order valence-electron chi connectivity index (χ3n) is 4.29. The Balaban J connectivity index is 1.31. The maximum absolute atomic E-state index is 12.5. The molecule has 1 N–H and O–H groups in total. The zero-order chi connectivity index (χ0) is 22.9. The molecule has 0 bridgehead atoms. The average molecular weight is 441 g/mol. The zero-order valence-corrected chi connectivity index (χ0v) is 17.4. The number of benzene rings is 2. The number of nitrogens with zero attached hydrogens (tertiary/aromatic N) is 2. The van der Waals surface area contributed by atoms with Gasteiger partial charge in [-0.3, -0.25) is 9.78 Å². The highest BCUT2D eigenvalue weighted by Crippen LogP contribution is 2.24. The lowest BCUT2D eigenvalue weighted by molar-refractivity contribution is -0.119. The Kier molecular flexibility index (Phi) is 6.87. The van der Waals surface area contributed by atoms with E-state index in [0.717, 1.165) is 0 Å². The van der Waals surface area contributed by atoms with Crippen molar-refractivity contribution in [2.45, 2.75) is 0 Å². The Bertz CT molecular complexity index is 1220. The molecule has 1 amide bonds. The maximum atomic E-state index is 12.5. The molecule has 164 valence electrons. The molecule has 8 nitrogen and oxygen atoms in total. The summed E-state index contributed by atoms with van der Waals surface area (Å²) < 4.78 is 16.4. The van der Waals surface area contributed by atoms with Crippen molar-refractivity contribution in [3.05, 3.63) is 103 Å². The molecule has 4 rings (SSSR count). The normalized spacial score (nSPS) is 10.2. The predicted octanol–water partition coefficient (Wildman–Crippen LogP) is 4.86. The number of amides is 1. The lowest BCUT2D eigenvalue weighted by Crippen LogP contribution is -2.21. The molecule has 0 aliphatic carbocycles. The second-order valence-corrected chi connectivity index (χ2v) is 6.71. The molecular formula is C25H19N3O5. The van der Waals surface area contributed by atoms with Crippen LogP contribution < -0.4 is 14.8 Å². The van der Waals surface area contributed by atoms with Crippen LogP contribution in [0.1, 0.15) is 10.4 Å². The highest BCUT2D eigenvalue weighted by Gasteiger charge is 2.17. The van der Waals surface area contributed by atoms with Crippen LogP contribution >= 0.6 is 0 Å². The first-order valence-electron chi connectivity index (χ1n) is 10.0. The van der Waals surface area contributed by atoms with E-state index in [1.165, 1.54) is 18.5 Å². The van der Waals surface area contributed by atoms with Gasteiger partial charge in [0.25, 0.3) is 5.91 Å². The number of carbonyl (C=O) groups is 2. The number of ether oxygens (including phenoxy) is 3. The van der Waals surface area contributed by atoms with Crippen LogP contribution in [0.5, 0.6) is 23.1 Å². The molecular weight excluding hydrogens is 422 g/mol. The number of anilines is 1. The van der Waals surface area contributed by atoms with Crippen molar-refractivity contribution in [2.75, 3.05) is 11.9 Å². The molecule has 2 heterocycles. The van der Waals surface area contributed by atoms with Gasteiger partial charge in [0.2, 0.25) is 5.88 Å². The number of para-hydroxylation sites is 1. The fourth-order valence-electron chi connectivity index (χ4n) is 2.78. The fourth-order valence-corrected chi connectivity index (χ4v) is 2.78.